The van der Waals surface area contributed by atoms with Gasteiger partial charge in [0.1, 0.15) is 0 Å². The molecule has 0 atom stereocenters. The molecule has 4 heteroatoms. The second-order valence-corrected chi connectivity index (χ2v) is 13.9. The fourth-order valence-electron chi connectivity index (χ4n) is 7.11. The zero-order valence-electron chi connectivity index (χ0n) is 27.5. The lowest BCUT2D eigenvalue weighted by Crippen LogP contribution is -2.00. The molecule has 0 aliphatic carbocycles. The van der Waals surface area contributed by atoms with Crippen LogP contribution in [0.5, 0.6) is 0 Å². The zero-order chi connectivity index (χ0) is 33.7. The van der Waals surface area contributed by atoms with Crippen molar-refractivity contribution in [2.75, 3.05) is 0 Å². The second kappa shape index (κ2) is 12.1. The molecule has 10 aromatic rings. The Bertz CT molecular complexity index is 2930. The average Bonchev–Trinajstić information content (AvgIpc) is 3.58. The van der Waals surface area contributed by atoms with Gasteiger partial charge in [0.25, 0.3) is 0 Å². The molecule has 3 nitrogen and oxygen atoms in total. The van der Waals surface area contributed by atoms with Gasteiger partial charge in [0, 0.05) is 36.9 Å². The van der Waals surface area contributed by atoms with Crippen LogP contribution in [0.4, 0.5) is 0 Å². The molecule has 8 aromatic carbocycles. The van der Waals surface area contributed by atoms with Crippen LogP contribution in [0.2, 0.25) is 0 Å². The molecule has 51 heavy (non-hydrogen) atoms. The van der Waals surface area contributed by atoms with Crippen LogP contribution >= 0.6 is 11.3 Å². The Morgan fingerprint density at radius 1 is 0.294 bits per heavy atom. The summed E-state index contributed by atoms with van der Waals surface area (Å²) in [7, 11) is 0. The van der Waals surface area contributed by atoms with Crippen LogP contribution in [-0.2, 0) is 0 Å². The van der Waals surface area contributed by atoms with E-state index in [2.05, 4.69) is 158 Å². The number of rotatable bonds is 5. The standard InChI is InChI=1S/C47H29N3S/c1-2-11-32(12-3-1)45-48-46(50-47(49-45)38-24-25-41-40-17-6-7-19-43(40)51-44(41)29-38)37-16-8-15-34(27-37)35-22-21-31-14-9-18-39(42(31)28-35)36-23-20-30-10-4-5-13-33(30)26-36/h1-29H. The Morgan fingerprint density at radius 2 is 0.882 bits per heavy atom. The van der Waals surface area contributed by atoms with E-state index in [1.165, 1.54) is 52.8 Å². The molecule has 0 aliphatic rings. The fraction of sp³-hybridized carbons (Fsp3) is 0. The molecule has 0 radical (unpaired) electrons. The van der Waals surface area contributed by atoms with Crippen LogP contribution in [0.3, 0.4) is 0 Å². The highest BCUT2D eigenvalue weighted by molar-refractivity contribution is 7.25. The Kier molecular flexibility index (Phi) is 7.00. The highest BCUT2D eigenvalue weighted by atomic mass is 32.1. The minimum Gasteiger partial charge on any atom is -0.208 e. The number of thiophene rings is 1. The molecule has 238 valence electrons. The molecule has 0 spiro atoms. The van der Waals surface area contributed by atoms with Gasteiger partial charge < -0.3 is 0 Å². The summed E-state index contributed by atoms with van der Waals surface area (Å²) in [4.78, 5) is 15.2. The van der Waals surface area contributed by atoms with E-state index in [9.17, 15) is 0 Å². The third-order valence-electron chi connectivity index (χ3n) is 9.70. The summed E-state index contributed by atoms with van der Waals surface area (Å²) in [5.41, 5.74) is 7.56. The van der Waals surface area contributed by atoms with Gasteiger partial charge in [-0.05, 0) is 74.1 Å². The van der Waals surface area contributed by atoms with Crippen molar-refractivity contribution in [3.05, 3.63) is 176 Å². The number of fused-ring (bicyclic) bond motifs is 5. The van der Waals surface area contributed by atoms with Crippen LogP contribution in [0.25, 0.3) is 98.1 Å². The molecule has 0 unspecified atom stereocenters. The molecular weight excluding hydrogens is 639 g/mol. The highest BCUT2D eigenvalue weighted by Crippen LogP contribution is 2.37. The molecule has 2 heterocycles. The predicted molar refractivity (Wildman–Crippen MR) is 215 cm³/mol. The number of hydrogen-bond acceptors (Lipinski definition) is 4. The van der Waals surface area contributed by atoms with E-state index in [1.54, 1.807) is 11.3 Å². The van der Waals surface area contributed by atoms with Crippen molar-refractivity contribution >= 4 is 53.1 Å². The maximum Gasteiger partial charge on any atom is 0.164 e. The third kappa shape index (κ3) is 5.34. The van der Waals surface area contributed by atoms with Gasteiger partial charge in [-0.2, -0.15) is 0 Å². The molecule has 0 saturated carbocycles. The fourth-order valence-corrected chi connectivity index (χ4v) is 8.26. The quantitative estimate of drug-likeness (QED) is 0.183. The van der Waals surface area contributed by atoms with E-state index in [0.717, 1.165) is 27.8 Å². The Hall–Kier alpha value is -6.49. The summed E-state index contributed by atoms with van der Waals surface area (Å²) in [5, 5.41) is 7.46. The maximum absolute atomic E-state index is 5.11. The molecule has 0 saturated heterocycles. The van der Waals surface area contributed by atoms with Crippen LogP contribution < -0.4 is 0 Å². The molecule has 0 aliphatic heterocycles. The zero-order valence-corrected chi connectivity index (χ0v) is 28.3. The first kappa shape index (κ1) is 29.4. The van der Waals surface area contributed by atoms with E-state index in [0.29, 0.717) is 17.5 Å². The van der Waals surface area contributed by atoms with E-state index in [1.807, 2.05) is 18.2 Å². The minimum absolute atomic E-state index is 0.648. The average molecular weight is 668 g/mol. The lowest BCUT2D eigenvalue weighted by Gasteiger charge is -2.12. The van der Waals surface area contributed by atoms with E-state index < -0.39 is 0 Å². The van der Waals surface area contributed by atoms with Crippen LogP contribution in [0.1, 0.15) is 0 Å². The first-order valence-corrected chi connectivity index (χ1v) is 17.9. The van der Waals surface area contributed by atoms with Crippen LogP contribution in [0.15, 0.2) is 176 Å². The van der Waals surface area contributed by atoms with Crippen LogP contribution in [-0.4, -0.2) is 15.0 Å². The van der Waals surface area contributed by atoms with Crippen molar-refractivity contribution in [1.82, 2.24) is 15.0 Å². The summed E-state index contributed by atoms with van der Waals surface area (Å²) in [5.74, 6) is 1.97. The lowest BCUT2D eigenvalue weighted by molar-refractivity contribution is 1.07. The summed E-state index contributed by atoms with van der Waals surface area (Å²) in [6, 6.07) is 62.4. The number of benzene rings is 8. The van der Waals surface area contributed by atoms with E-state index >= 15 is 0 Å². The van der Waals surface area contributed by atoms with E-state index in [-0.39, 0.29) is 0 Å². The van der Waals surface area contributed by atoms with Gasteiger partial charge in [0.15, 0.2) is 17.5 Å². The van der Waals surface area contributed by atoms with Gasteiger partial charge in [-0.3, -0.25) is 0 Å². The normalized spacial score (nSPS) is 11.5. The Labute approximate surface area is 299 Å². The lowest BCUT2D eigenvalue weighted by atomic mass is 9.93. The van der Waals surface area contributed by atoms with Gasteiger partial charge in [-0.25, -0.2) is 15.0 Å². The predicted octanol–water partition coefficient (Wildman–Crippen LogP) is 12.9. The second-order valence-electron chi connectivity index (χ2n) is 12.9. The van der Waals surface area contributed by atoms with Crippen molar-refractivity contribution in [2.45, 2.75) is 0 Å². The SMILES string of the molecule is c1ccc(-c2nc(-c3cccc(-c4ccc5cccc(-c6ccc7ccccc7c6)c5c4)c3)nc(-c3ccc4c(c3)sc3ccccc34)n2)cc1. The van der Waals surface area contributed by atoms with Gasteiger partial charge in [-0.15, -0.1) is 11.3 Å². The van der Waals surface area contributed by atoms with Crippen LogP contribution in [0, 0.1) is 0 Å². The molecule has 0 fully saturated rings. The Balaban J connectivity index is 1.09. The monoisotopic (exact) mass is 667 g/mol. The molecular formula is C47H29N3S. The smallest absolute Gasteiger partial charge is 0.164 e. The summed E-state index contributed by atoms with van der Waals surface area (Å²) in [6.07, 6.45) is 0. The molecule has 2 aromatic heterocycles. The van der Waals surface area contributed by atoms with Gasteiger partial charge in [0.2, 0.25) is 0 Å². The highest BCUT2D eigenvalue weighted by Gasteiger charge is 2.15. The molecule has 10 rings (SSSR count). The first-order valence-electron chi connectivity index (χ1n) is 17.1. The number of nitrogens with zero attached hydrogens (tertiary/aromatic N) is 3. The minimum atomic E-state index is 0.648. The molecule has 0 N–H and O–H groups in total. The van der Waals surface area contributed by atoms with Crippen molar-refractivity contribution in [3.63, 3.8) is 0 Å². The van der Waals surface area contributed by atoms with Crippen molar-refractivity contribution in [2.24, 2.45) is 0 Å². The summed E-state index contributed by atoms with van der Waals surface area (Å²) < 4.78 is 2.50. The van der Waals surface area contributed by atoms with Crippen molar-refractivity contribution in [1.29, 1.82) is 0 Å². The van der Waals surface area contributed by atoms with Gasteiger partial charge >= 0.3 is 0 Å². The molecule has 0 amide bonds. The summed E-state index contributed by atoms with van der Waals surface area (Å²) in [6.45, 7) is 0. The number of aromatic nitrogens is 3. The van der Waals surface area contributed by atoms with Gasteiger partial charge in [-0.1, -0.05) is 146 Å². The first-order chi connectivity index (χ1) is 25.2. The Morgan fingerprint density at radius 3 is 1.76 bits per heavy atom. The summed E-state index contributed by atoms with van der Waals surface area (Å²) >= 11 is 1.80. The van der Waals surface area contributed by atoms with Gasteiger partial charge in [0.05, 0.1) is 0 Å². The van der Waals surface area contributed by atoms with Crippen molar-refractivity contribution in [3.8, 4) is 56.4 Å². The largest absolute Gasteiger partial charge is 0.208 e. The van der Waals surface area contributed by atoms with Crippen molar-refractivity contribution < 1.29 is 0 Å². The maximum atomic E-state index is 5.11. The topological polar surface area (TPSA) is 38.7 Å². The molecule has 0 bridgehead atoms. The third-order valence-corrected chi connectivity index (χ3v) is 10.8. The van der Waals surface area contributed by atoms with E-state index in [4.69, 9.17) is 15.0 Å². The number of hydrogen-bond donors (Lipinski definition) is 0.